The largest absolute Gasteiger partial charge is 0.368 e. The van der Waals surface area contributed by atoms with E-state index in [4.69, 9.17) is 14.2 Å². The van der Waals surface area contributed by atoms with E-state index in [1.54, 1.807) is 25.1 Å². The van der Waals surface area contributed by atoms with E-state index in [-0.39, 0.29) is 24.8 Å². The fraction of sp³-hybridized carbons (Fsp3) is 0.500. The highest BCUT2D eigenvalue weighted by Crippen LogP contribution is 2.18. The number of benzene rings is 1. The minimum absolute atomic E-state index is 0.0855. The number of ether oxygens (including phenoxy) is 3. The lowest BCUT2D eigenvalue weighted by Gasteiger charge is -2.33. The molecule has 0 spiro atoms. The zero-order valence-electron chi connectivity index (χ0n) is 11.0. The molecule has 0 N–H and O–H groups in total. The molecule has 2 unspecified atom stereocenters. The highest BCUT2D eigenvalue weighted by molar-refractivity contribution is 5.81. The van der Waals surface area contributed by atoms with E-state index >= 15 is 0 Å². The molecular weight excluding hydrogens is 251 g/mol. The molecule has 1 heterocycles. The maximum Gasteiger partial charge on any atom is 0.161 e. The van der Waals surface area contributed by atoms with Crippen LogP contribution in [0.3, 0.4) is 0 Å². The van der Waals surface area contributed by atoms with Crippen molar-refractivity contribution in [3.05, 3.63) is 35.6 Å². The zero-order chi connectivity index (χ0) is 13.8. The highest BCUT2D eigenvalue weighted by Gasteiger charge is 2.34. The zero-order valence-corrected chi connectivity index (χ0v) is 11.0. The van der Waals surface area contributed by atoms with E-state index in [0.29, 0.717) is 5.56 Å². The van der Waals surface area contributed by atoms with Crippen LogP contribution in [0, 0.1) is 5.82 Å². The lowest BCUT2D eigenvalue weighted by Crippen LogP contribution is -2.47. The molecule has 3 atom stereocenters. The summed E-state index contributed by atoms with van der Waals surface area (Å²) >= 11 is 0. The molecule has 0 aliphatic carbocycles. The Hall–Kier alpha value is -1.30. The second-order valence-corrected chi connectivity index (χ2v) is 4.51. The first-order valence-corrected chi connectivity index (χ1v) is 6.20. The molecule has 0 bridgehead atoms. The van der Waals surface area contributed by atoms with Crippen molar-refractivity contribution >= 4 is 5.78 Å². The lowest BCUT2D eigenvalue weighted by molar-refractivity contribution is -0.249. The summed E-state index contributed by atoms with van der Waals surface area (Å²) in [6.45, 7) is 3.52. The predicted molar refractivity (Wildman–Crippen MR) is 65.9 cm³/mol. The lowest BCUT2D eigenvalue weighted by atomic mass is 10.1. The van der Waals surface area contributed by atoms with Gasteiger partial charge in [0.2, 0.25) is 0 Å². The van der Waals surface area contributed by atoms with E-state index in [9.17, 15) is 9.18 Å². The molecule has 1 aliphatic rings. The Bertz CT molecular complexity index is 449. The van der Waals surface area contributed by atoms with E-state index in [0.717, 1.165) is 0 Å². The van der Waals surface area contributed by atoms with Crippen molar-refractivity contribution in [2.75, 3.05) is 6.61 Å². The van der Waals surface area contributed by atoms with Gasteiger partial charge in [-0.2, -0.15) is 0 Å². The Morgan fingerprint density at radius 3 is 2.89 bits per heavy atom. The summed E-state index contributed by atoms with van der Waals surface area (Å²) in [6, 6.07) is 6.37. The SMILES string of the molecule is CC(=O)C1O[C@@H](C)OCC1OCc1ccccc1F. The molecule has 1 aliphatic heterocycles. The second kappa shape index (κ2) is 6.23. The van der Waals surface area contributed by atoms with Crippen LogP contribution >= 0.6 is 0 Å². The van der Waals surface area contributed by atoms with Crippen molar-refractivity contribution in [3.8, 4) is 0 Å². The second-order valence-electron chi connectivity index (χ2n) is 4.51. The normalized spacial score (nSPS) is 27.2. The molecule has 1 aromatic carbocycles. The number of Topliss-reactive ketones (excluding diaryl/α,β-unsaturated/α-hetero) is 1. The van der Waals surface area contributed by atoms with Crippen molar-refractivity contribution in [2.45, 2.75) is 39.0 Å². The van der Waals surface area contributed by atoms with Crippen molar-refractivity contribution in [3.63, 3.8) is 0 Å². The molecule has 104 valence electrons. The topological polar surface area (TPSA) is 44.8 Å². The molecule has 0 amide bonds. The molecule has 2 rings (SSSR count). The van der Waals surface area contributed by atoms with Gasteiger partial charge in [-0.15, -0.1) is 0 Å². The highest BCUT2D eigenvalue weighted by atomic mass is 19.1. The van der Waals surface area contributed by atoms with Crippen LogP contribution in [0.1, 0.15) is 19.4 Å². The van der Waals surface area contributed by atoms with Crippen molar-refractivity contribution in [1.29, 1.82) is 0 Å². The van der Waals surface area contributed by atoms with E-state index in [1.165, 1.54) is 13.0 Å². The van der Waals surface area contributed by atoms with E-state index < -0.39 is 18.5 Å². The van der Waals surface area contributed by atoms with Gasteiger partial charge in [-0.25, -0.2) is 4.39 Å². The average molecular weight is 268 g/mol. The molecule has 1 aromatic rings. The van der Waals surface area contributed by atoms with Gasteiger partial charge in [0, 0.05) is 5.56 Å². The summed E-state index contributed by atoms with van der Waals surface area (Å²) < 4.78 is 29.7. The summed E-state index contributed by atoms with van der Waals surface area (Å²) in [5, 5.41) is 0. The van der Waals surface area contributed by atoms with Gasteiger partial charge in [0.25, 0.3) is 0 Å². The predicted octanol–water partition coefficient (Wildman–Crippen LogP) is 2.06. The van der Waals surface area contributed by atoms with Gasteiger partial charge >= 0.3 is 0 Å². The molecule has 4 nitrogen and oxygen atoms in total. The minimum Gasteiger partial charge on any atom is -0.368 e. The number of halogens is 1. The summed E-state index contributed by atoms with van der Waals surface area (Å²) in [6.07, 6.45) is -1.59. The third-order valence-corrected chi connectivity index (χ3v) is 2.98. The van der Waals surface area contributed by atoms with Crippen LogP contribution in [0.2, 0.25) is 0 Å². The quantitative estimate of drug-likeness (QED) is 0.838. The third-order valence-electron chi connectivity index (χ3n) is 2.98. The number of hydrogen-bond donors (Lipinski definition) is 0. The molecule has 5 heteroatoms. The van der Waals surface area contributed by atoms with Gasteiger partial charge in [-0.3, -0.25) is 4.79 Å². The number of ketones is 1. The van der Waals surface area contributed by atoms with Gasteiger partial charge < -0.3 is 14.2 Å². The summed E-state index contributed by atoms with van der Waals surface area (Å²) in [5.74, 6) is -0.443. The number of carbonyl (C=O) groups excluding carboxylic acids is 1. The molecule has 1 fully saturated rings. The fourth-order valence-electron chi connectivity index (χ4n) is 1.96. The molecule has 19 heavy (non-hydrogen) atoms. The van der Waals surface area contributed by atoms with Crippen LogP contribution in [-0.2, 0) is 25.6 Å². The smallest absolute Gasteiger partial charge is 0.161 e. The van der Waals surface area contributed by atoms with Crippen LogP contribution in [-0.4, -0.2) is 30.9 Å². The number of carbonyl (C=O) groups is 1. The fourth-order valence-corrected chi connectivity index (χ4v) is 1.96. The molecule has 0 aromatic heterocycles. The summed E-state index contributed by atoms with van der Waals surface area (Å²) in [4.78, 5) is 11.5. The summed E-state index contributed by atoms with van der Waals surface area (Å²) in [7, 11) is 0. The first-order chi connectivity index (χ1) is 9.08. The standard InChI is InChI=1S/C14H17FO4/c1-9(16)14-13(8-17-10(2)19-14)18-7-11-5-3-4-6-12(11)15/h3-6,10,13-14H,7-8H2,1-2H3/t10-,13?,14?/m0/s1. The van der Waals surface area contributed by atoms with Crippen LogP contribution in [0.15, 0.2) is 24.3 Å². The van der Waals surface area contributed by atoms with Crippen molar-refractivity contribution < 1.29 is 23.4 Å². The Balaban J connectivity index is 1.98. The van der Waals surface area contributed by atoms with Gasteiger partial charge in [-0.1, -0.05) is 18.2 Å². The van der Waals surface area contributed by atoms with Crippen LogP contribution in [0.5, 0.6) is 0 Å². The molecule has 0 radical (unpaired) electrons. The average Bonchev–Trinajstić information content (AvgIpc) is 2.38. The number of hydrogen-bond acceptors (Lipinski definition) is 4. The van der Waals surface area contributed by atoms with Crippen molar-refractivity contribution in [1.82, 2.24) is 0 Å². The van der Waals surface area contributed by atoms with E-state index in [1.807, 2.05) is 0 Å². The third kappa shape index (κ3) is 3.59. The molecular formula is C14H17FO4. The van der Waals surface area contributed by atoms with Gasteiger partial charge in [0.05, 0.1) is 13.2 Å². The monoisotopic (exact) mass is 268 g/mol. The Morgan fingerprint density at radius 2 is 2.21 bits per heavy atom. The molecule has 1 saturated heterocycles. The molecule has 0 saturated carbocycles. The van der Waals surface area contributed by atoms with E-state index in [2.05, 4.69) is 0 Å². The van der Waals surface area contributed by atoms with Crippen LogP contribution < -0.4 is 0 Å². The first kappa shape index (κ1) is 14.1. The Kier molecular flexibility index (Phi) is 4.63. The van der Waals surface area contributed by atoms with Crippen molar-refractivity contribution in [2.24, 2.45) is 0 Å². The maximum atomic E-state index is 13.5. The van der Waals surface area contributed by atoms with Gasteiger partial charge in [-0.05, 0) is 19.9 Å². The van der Waals surface area contributed by atoms with Crippen LogP contribution in [0.4, 0.5) is 4.39 Å². The first-order valence-electron chi connectivity index (χ1n) is 6.20. The van der Waals surface area contributed by atoms with Crippen LogP contribution in [0.25, 0.3) is 0 Å². The van der Waals surface area contributed by atoms with Gasteiger partial charge in [0.1, 0.15) is 18.0 Å². The minimum atomic E-state index is -0.657. The summed E-state index contributed by atoms with van der Waals surface area (Å²) in [5.41, 5.74) is 0.448. The van der Waals surface area contributed by atoms with Gasteiger partial charge in [0.15, 0.2) is 12.1 Å². The Labute approximate surface area is 111 Å². The Morgan fingerprint density at radius 1 is 1.47 bits per heavy atom. The maximum absolute atomic E-state index is 13.5. The number of rotatable bonds is 4.